The van der Waals surface area contributed by atoms with Crippen LogP contribution in [0.4, 0.5) is 0 Å². The molecule has 3 aromatic rings. The molecule has 0 bridgehead atoms. The molecule has 0 unspecified atom stereocenters. The Labute approximate surface area is 191 Å². The summed E-state index contributed by atoms with van der Waals surface area (Å²) in [5, 5.41) is 11.1. The molecule has 5 rings (SSSR count). The molecular weight excluding hydrogens is 426 g/mol. The maximum Gasteiger partial charge on any atom is 0.338 e. The smallest absolute Gasteiger partial charge is 0.338 e. The third-order valence-corrected chi connectivity index (χ3v) is 6.85. The van der Waals surface area contributed by atoms with Crippen LogP contribution in [0.15, 0.2) is 53.3 Å². The molecule has 2 fully saturated rings. The van der Waals surface area contributed by atoms with Gasteiger partial charge in [0.05, 0.1) is 21.7 Å². The average Bonchev–Trinajstić information content (AvgIpc) is 3.60. The monoisotopic (exact) mass is 451 g/mol. The van der Waals surface area contributed by atoms with Crippen molar-refractivity contribution in [1.29, 1.82) is 0 Å². The SMILES string of the molecule is O=C(O)c1c(CN2CCN(CC3CC3)CC2)n(-c2ccccc2)c(=O)c2c(Cl)cccc12. The Balaban J connectivity index is 1.61. The molecule has 0 radical (unpaired) electrons. The Morgan fingerprint density at radius 1 is 0.969 bits per heavy atom. The van der Waals surface area contributed by atoms with Crippen molar-refractivity contribution in [3.8, 4) is 5.69 Å². The van der Waals surface area contributed by atoms with Crippen LogP contribution in [-0.4, -0.2) is 58.2 Å². The average molecular weight is 452 g/mol. The van der Waals surface area contributed by atoms with E-state index in [0.29, 0.717) is 23.3 Å². The number of fused-ring (bicyclic) bond motifs is 1. The number of hydrogen-bond donors (Lipinski definition) is 1. The normalized spacial score (nSPS) is 17.7. The van der Waals surface area contributed by atoms with E-state index in [-0.39, 0.29) is 21.5 Å². The standard InChI is InChI=1S/C25H26ClN3O3/c26-20-8-4-7-19-22(20)24(30)29(18-5-2-1-3-6-18)21(23(19)25(31)32)16-28-13-11-27(12-14-28)15-17-9-10-17/h1-8,17H,9-16H2,(H,31,32). The summed E-state index contributed by atoms with van der Waals surface area (Å²) in [6.45, 7) is 5.19. The fourth-order valence-electron chi connectivity index (χ4n) is 4.70. The first-order valence-electron chi connectivity index (χ1n) is 11.1. The van der Waals surface area contributed by atoms with Crippen molar-refractivity contribution in [2.75, 3.05) is 32.7 Å². The minimum absolute atomic E-state index is 0.145. The van der Waals surface area contributed by atoms with Crippen LogP contribution < -0.4 is 5.56 Å². The van der Waals surface area contributed by atoms with Crippen molar-refractivity contribution < 1.29 is 9.90 Å². The number of para-hydroxylation sites is 1. The number of benzene rings is 2. The van der Waals surface area contributed by atoms with Crippen molar-refractivity contribution in [1.82, 2.24) is 14.4 Å². The number of piperazine rings is 1. The molecule has 2 aromatic carbocycles. The second-order valence-corrected chi connectivity index (χ2v) is 9.19. The second-order valence-electron chi connectivity index (χ2n) is 8.79. The van der Waals surface area contributed by atoms with E-state index >= 15 is 0 Å². The number of rotatable bonds is 6. The zero-order chi connectivity index (χ0) is 22.2. The lowest BCUT2D eigenvalue weighted by molar-refractivity contribution is 0.0693. The van der Waals surface area contributed by atoms with E-state index in [0.717, 1.165) is 38.6 Å². The van der Waals surface area contributed by atoms with Gasteiger partial charge >= 0.3 is 5.97 Å². The number of carbonyl (C=O) groups is 1. The molecule has 1 aliphatic carbocycles. The van der Waals surface area contributed by atoms with Crippen LogP contribution in [0, 0.1) is 5.92 Å². The highest BCUT2D eigenvalue weighted by molar-refractivity contribution is 6.35. The highest BCUT2D eigenvalue weighted by Crippen LogP contribution is 2.31. The van der Waals surface area contributed by atoms with Crippen molar-refractivity contribution in [3.63, 3.8) is 0 Å². The Morgan fingerprint density at radius 3 is 2.31 bits per heavy atom. The van der Waals surface area contributed by atoms with Gasteiger partial charge in [-0.25, -0.2) is 4.79 Å². The maximum atomic E-state index is 13.6. The molecule has 6 nitrogen and oxygen atoms in total. The molecule has 2 aliphatic rings. The number of nitrogens with zero attached hydrogens (tertiary/aromatic N) is 3. The summed E-state index contributed by atoms with van der Waals surface area (Å²) >= 11 is 6.38. The van der Waals surface area contributed by atoms with Gasteiger partial charge in [0.2, 0.25) is 0 Å². The molecule has 1 aliphatic heterocycles. The van der Waals surface area contributed by atoms with Crippen molar-refractivity contribution in [2.45, 2.75) is 19.4 Å². The lowest BCUT2D eigenvalue weighted by Crippen LogP contribution is -2.47. The van der Waals surface area contributed by atoms with Crippen LogP contribution in [0.2, 0.25) is 5.02 Å². The number of aromatic carboxylic acids is 1. The molecule has 32 heavy (non-hydrogen) atoms. The van der Waals surface area contributed by atoms with Crippen LogP contribution in [0.3, 0.4) is 0 Å². The lowest BCUT2D eigenvalue weighted by Gasteiger charge is -2.35. The van der Waals surface area contributed by atoms with Crippen LogP contribution in [0.25, 0.3) is 16.5 Å². The molecule has 0 amide bonds. The minimum atomic E-state index is -1.05. The number of halogens is 1. The first-order chi connectivity index (χ1) is 15.5. The minimum Gasteiger partial charge on any atom is -0.478 e. The Morgan fingerprint density at radius 2 is 1.66 bits per heavy atom. The summed E-state index contributed by atoms with van der Waals surface area (Å²) in [6.07, 6.45) is 2.68. The summed E-state index contributed by atoms with van der Waals surface area (Å²) in [5.74, 6) is -0.196. The van der Waals surface area contributed by atoms with Gasteiger partial charge < -0.3 is 10.0 Å². The van der Waals surface area contributed by atoms with Crippen molar-refractivity contribution >= 4 is 28.3 Å². The highest BCUT2D eigenvalue weighted by atomic mass is 35.5. The molecule has 166 valence electrons. The molecule has 1 saturated heterocycles. The van der Waals surface area contributed by atoms with Gasteiger partial charge in [-0.2, -0.15) is 0 Å². The van der Waals surface area contributed by atoms with Gasteiger partial charge in [-0.05, 0) is 37.0 Å². The van der Waals surface area contributed by atoms with Gasteiger partial charge in [0.25, 0.3) is 5.56 Å². The number of pyridine rings is 1. The van der Waals surface area contributed by atoms with Gasteiger partial charge in [-0.1, -0.05) is 41.9 Å². The number of hydrogen-bond acceptors (Lipinski definition) is 4. The molecule has 7 heteroatoms. The fourth-order valence-corrected chi connectivity index (χ4v) is 4.95. The first-order valence-corrected chi connectivity index (χ1v) is 11.5. The molecule has 1 N–H and O–H groups in total. The first kappa shape index (κ1) is 21.2. The second kappa shape index (κ2) is 8.70. The summed E-state index contributed by atoms with van der Waals surface area (Å²) < 4.78 is 1.54. The van der Waals surface area contributed by atoms with E-state index in [2.05, 4.69) is 9.80 Å². The van der Waals surface area contributed by atoms with Gasteiger partial charge in [0.15, 0.2) is 0 Å². The molecular formula is C25H26ClN3O3. The van der Waals surface area contributed by atoms with E-state index in [4.69, 9.17) is 11.6 Å². The van der Waals surface area contributed by atoms with Gasteiger partial charge in [-0.3, -0.25) is 14.3 Å². The molecule has 1 saturated carbocycles. The Hall–Kier alpha value is -2.67. The summed E-state index contributed by atoms with van der Waals surface area (Å²) in [4.78, 5) is 30.9. The van der Waals surface area contributed by atoms with E-state index in [1.54, 1.807) is 18.2 Å². The maximum absolute atomic E-state index is 13.6. The number of carboxylic acid groups (broad SMARTS) is 1. The fraction of sp³-hybridized carbons (Fsp3) is 0.360. The predicted octanol–water partition coefficient (Wildman–Crippen LogP) is 3.87. The molecule has 0 atom stereocenters. The van der Waals surface area contributed by atoms with Crippen LogP contribution in [-0.2, 0) is 6.54 Å². The van der Waals surface area contributed by atoms with Crippen molar-refractivity contribution in [3.05, 3.63) is 75.2 Å². The van der Waals surface area contributed by atoms with E-state index in [1.165, 1.54) is 17.4 Å². The third-order valence-electron chi connectivity index (χ3n) is 6.54. The molecule has 0 spiro atoms. The van der Waals surface area contributed by atoms with E-state index in [9.17, 15) is 14.7 Å². The van der Waals surface area contributed by atoms with Gasteiger partial charge in [0, 0.05) is 50.3 Å². The van der Waals surface area contributed by atoms with E-state index < -0.39 is 5.97 Å². The largest absolute Gasteiger partial charge is 0.478 e. The predicted molar refractivity (Wildman–Crippen MR) is 126 cm³/mol. The van der Waals surface area contributed by atoms with E-state index in [1.807, 2.05) is 30.3 Å². The molecule has 1 aromatic heterocycles. The Bertz CT molecular complexity index is 1210. The Kier molecular flexibility index (Phi) is 5.76. The third kappa shape index (κ3) is 4.06. The molecule has 2 heterocycles. The van der Waals surface area contributed by atoms with Crippen molar-refractivity contribution in [2.24, 2.45) is 5.92 Å². The zero-order valence-corrected chi connectivity index (χ0v) is 18.6. The lowest BCUT2D eigenvalue weighted by atomic mass is 10.0. The van der Waals surface area contributed by atoms with Crippen LogP contribution >= 0.6 is 11.6 Å². The van der Waals surface area contributed by atoms with Gasteiger partial charge in [-0.15, -0.1) is 0 Å². The number of carboxylic acids is 1. The van der Waals surface area contributed by atoms with Crippen LogP contribution in [0.5, 0.6) is 0 Å². The topological polar surface area (TPSA) is 65.8 Å². The zero-order valence-electron chi connectivity index (χ0n) is 17.8. The number of aromatic nitrogens is 1. The summed E-state index contributed by atoms with van der Waals surface area (Å²) in [7, 11) is 0. The van der Waals surface area contributed by atoms with Crippen LogP contribution in [0.1, 0.15) is 28.9 Å². The van der Waals surface area contributed by atoms with Gasteiger partial charge in [0.1, 0.15) is 0 Å². The summed E-state index contributed by atoms with van der Waals surface area (Å²) in [6, 6.07) is 14.2. The highest BCUT2D eigenvalue weighted by Gasteiger charge is 2.29. The summed E-state index contributed by atoms with van der Waals surface area (Å²) in [5.41, 5.74) is 0.999. The quantitative estimate of drug-likeness (QED) is 0.616.